The summed E-state index contributed by atoms with van der Waals surface area (Å²) in [6, 6.07) is 19.9. The second kappa shape index (κ2) is 10.1. The Morgan fingerprint density at radius 2 is 1.70 bits per heavy atom. The van der Waals surface area contributed by atoms with E-state index in [1.54, 1.807) is 18.2 Å². The van der Waals surface area contributed by atoms with Crippen LogP contribution in [0.15, 0.2) is 77.2 Å². The largest absolute Gasteiger partial charge is 0.457 e. The molecule has 0 radical (unpaired) electrons. The molecule has 0 spiro atoms. The molecule has 0 aliphatic carbocycles. The van der Waals surface area contributed by atoms with Crippen LogP contribution in [0, 0.1) is 10.1 Å². The standard InChI is InChI=1S/C24H22N4O4S/c29-23(13-11-21-10-12-22(32-21)18-4-2-1-3-5-18)25-24(33)27-16-14-26(15-17-27)19-6-8-20(9-7-19)28(30)31/h1-13H,14-17H2,(H,25,29,33)/b13-11+. The summed E-state index contributed by atoms with van der Waals surface area (Å²) in [5.41, 5.74) is 1.96. The predicted molar refractivity (Wildman–Crippen MR) is 131 cm³/mol. The molecule has 1 aromatic heterocycles. The molecule has 0 saturated carbocycles. The van der Waals surface area contributed by atoms with Crippen molar-refractivity contribution in [3.63, 3.8) is 0 Å². The number of carbonyl (C=O) groups excluding carboxylic acids is 1. The molecule has 8 nitrogen and oxygen atoms in total. The lowest BCUT2D eigenvalue weighted by atomic mass is 10.2. The van der Waals surface area contributed by atoms with Crippen LogP contribution in [0.2, 0.25) is 0 Å². The van der Waals surface area contributed by atoms with Gasteiger partial charge in [-0.25, -0.2) is 0 Å². The van der Waals surface area contributed by atoms with Gasteiger partial charge in [-0.1, -0.05) is 30.3 Å². The van der Waals surface area contributed by atoms with Crippen molar-refractivity contribution in [1.82, 2.24) is 10.2 Å². The lowest BCUT2D eigenvalue weighted by Gasteiger charge is -2.37. The Hall–Kier alpha value is -3.98. The first kappa shape index (κ1) is 22.2. The highest BCUT2D eigenvalue weighted by Crippen LogP contribution is 2.22. The van der Waals surface area contributed by atoms with Crippen LogP contribution in [0.4, 0.5) is 11.4 Å². The molecule has 33 heavy (non-hydrogen) atoms. The van der Waals surface area contributed by atoms with Gasteiger partial charge in [-0.2, -0.15) is 0 Å². The maximum Gasteiger partial charge on any atom is 0.269 e. The number of carbonyl (C=O) groups is 1. The molecule has 1 fully saturated rings. The number of piperazine rings is 1. The minimum atomic E-state index is -0.411. The first-order valence-corrected chi connectivity index (χ1v) is 10.8. The molecule has 2 heterocycles. The molecule has 1 aliphatic heterocycles. The first-order valence-electron chi connectivity index (χ1n) is 10.4. The topological polar surface area (TPSA) is 91.9 Å². The lowest BCUT2D eigenvalue weighted by Crippen LogP contribution is -2.52. The van der Waals surface area contributed by atoms with Crippen molar-refractivity contribution in [1.29, 1.82) is 0 Å². The van der Waals surface area contributed by atoms with Gasteiger partial charge in [-0.15, -0.1) is 0 Å². The van der Waals surface area contributed by atoms with E-state index in [0.717, 1.165) is 17.0 Å². The summed E-state index contributed by atoms with van der Waals surface area (Å²) in [5.74, 6) is 0.985. The van der Waals surface area contributed by atoms with E-state index in [4.69, 9.17) is 16.6 Å². The van der Waals surface area contributed by atoms with E-state index in [-0.39, 0.29) is 11.6 Å². The number of hydrogen-bond donors (Lipinski definition) is 1. The average molecular weight is 463 g/mol. The summed E-state index contributed by atoms with van der Waals surface area (Å²) in [6.07, 6.45) is 3.00. The number of nitrogens with zero attached hydrogens (tertiary/aromatic N) is 3. The molecule has 1 saturated heterocycles. The third kappa shape index (κ3) is 5.64. The minimum absolute atomic E-state index is 0.0696. The van der Waals surface area contributed by atoms with Crippen molar-refractivity contribution in [2.45, 2.75) is 0 Å². The van der Waals surface area contributed by atoms with Gasteiger partial charge < -0.3 is 14.2 Å². The van der Waals surface area contributed by atoms with Crippen LogP contribution in [0.3, 0.4) is 0 Å². The molecule has 0 atom stereocenters. The Balaban J connectivity index is 1.26. The Morgan fingerprint density at radius 1 is 1.00 bits per heavy atom. The van der Waals surface area contributed by atoms with Crippen LogP contribution in [-0.2, 0) is 4.79 Å². The highest BCUT2D eigenvalue weighted by Gasteiger charge is 2.20. The van der Waals surface area contributed by atoms with Crippen LogP contribution in [0.1, 0.15) is 5.76 Å². The van der Waals surface area contributed by atoms with E-state index in [2.05, 4.69) is 10.2 Å². The summed E-state index contributed by atoms with van der Waals surface area (Å²) < 4.78 is 5.76. The van der Waals surface area contributed by atoms with Gasteiger partial charge in [0, 0.05) is 55.6 Å². The molecule has 1 aliphatic rings. The molecule has 0 bridgehead atoms. The number of rotatable bonds is 5. The fourth-order valence-electron chi connectivity index (χ4n) is 3.54. The van der Waals surface area contributed by atoms with E-state index in [1.165, 1.54) is 18.2 Å². The van der Waals surface area contributed by atoms with Gasteiger partial charge in [-0.3, -0.25) is 20.2 Å². The van der Waals surface area contributed by atoms with Crippen molar-refractivity contribution in [2.75, 3.05) is 31.1 Å². The second-order valence-electron chi connectivity index (χ2n) is 7.44. The molecular weight excluding hydrogens is 440 g/mol. The minimum Gasteiger partial charge on any atom is -0.457 e. The molecule has 1 N–H and O–H groups in total. The molecule has 2 aromatic carbocycles. The highest BCUT2D eigenvalue weighted by molar-refractivity contribution is 7.80. The molecule has 4 rings (SSSR count). The van der Waals surface area contributed by atoms with Crippen LogP contribution in [0.25, 0.3) is 17.4 Å². The number of amides is 1. The van der Waals surface area contributed by atoms with Gasteiger partial charge in [0.05, 0.1) is 4.92 Å². The number of furan rings is 1. The maximum atomic E-state index is 12.3. The normalized spacial score (nSPS) is 13.8. The number of non-ortho nitro benzene ring substituents is 1. The van der Waals surface area contributed by atoms with Crippen LogP contribution in [-0.4, -0.2) is 47.0 Å². The van der Waals surface area contributed by atoms with Gasteiger partial charge in [0.15, 0.2) is 5.11 Å². The smallest absolute Gasteiger partial charge is 0.269 e. The van der Waals surface area contributed by atoms with Crippen LogP contribution in [0.5, 0.6) is 0 Å². The molecule has 168 valence electrons. The quantitative estimate of drug-likeness (QED) is 0.264. The summed E-state index contributed by atoms with van der Waals surface area (Å²) in [5, 5.41) is 13.9. The fraction of sp³-hybridized carbons (Fsp3) is 0.167. The van der Waals surface area contributed by atoms with E-state index >= 15 is 0 Å². The number of nitro groups is 1. The van der Waals surface area contributed by atoms with Crippen molar-refractivity contribution >= 4 is 40.7 Å². The van der Waals surface area contributed by atoms with Crippen molar-refractivity contribution in [2.24, 2.45) is 0 Å². The molecule has 9 heteroatoms. The zero-order valence-electron chi connectivity index (χ0n) is 17.7. The van der Waals surface area contributed by atoms with Crippen molar-refractivity contribution < 1.29 is 14.1 Å². The van der Waals surface area contributed by atoms with E-state index in [1.807, 2.05) is 47.4 Å². The highest BCUT2D eigenvalue weighted by atomic mass is 32.1. The predicted octanol–water partition coefficient (Wildman–Crippen LogP) is 4.09. The Morgan fingerprint density at radius 3 is 2.36 bits per heavy atom. The SMILES string of the molecule is O=C(/C=C/c1ccc(-c2ccccc2)o1)NC(=S)N1CCN(c2ccc([N+](=O)[O-])cc2)CC1. The zero-order valence-corrected chi connectivity index (χ0v) is 18.5. The third-order valence-electron chi connectivity index (χ3n) is 5.31. The molecule has 3 aromatic rings. The van der Waals surface area contributed by atoms with Gasteiger partial charge in [0.1, 0.15) is 11.5 Å². The molecule has 1 amide bonds. The van der Waals surface area contributed by atoms with Gasteiger partial charge in [0.25, 0.3) is 5.69 Å². The zero-order chi connectivity index (χ0) is 23.2. The number of nitrogens with one attached hydrogen (secondary N) is 1. The number of hydrogen-bond acceptors (Lipinski definition) is 6. The Labute approximate surface area is 196 Å². The maximum absolute atomic E-state index is 12.3. The second-order valence-corrected chi connectivity index (χ2v) is 7.83. The van der Waals surface area contributed by atoms with Crippen molar-refractivity contribution in [3.05, 3.63) is 88.7 Å². The molecular formula is C24H22N4O4S. The Bertz CT molecular complexity index is 1170. The Kier molecular flexibility index (Phi) is 6.80. The van der Waals surface area contributed by atoms with Crippen molar-refractivity contribution in [3.8, 4) is 11.3 Å². The van der Waals surface area contributed by atoms with E-state index in [9.17, 15) is 14.9 Å². The lowest BCUT2D eigenvalue weighted by molar-refractivity contribution is -0.384. The van der Waals surface area contributed by atoms with E-state index in [0.29, 0.717) is 37.1 Å². The van der Waals surface area contributed by atoms with Crippen LogP contribution >= 0.6 is 12.2 Å². The summed E-state index contributed by atoms with van der Waals surface area (Å²) >= 11 is 5.39. The molecule has 0 unspecified atom stereocenters. The summed E-state index contributed by atoms with van der Waals surface area (Å²) in [7, 11) is 0. The van der Waals surface area contributed by atoms with Gasteiger partial charge in [-0.05, 0) is 42.6 Å². The average Bonchev–Trinajstić information content (AvgIpc) is 3.33. The number of thiocarbonyl (C=S) groups is 1. The number of benzene rings is 2. The number of anilines is 1. The summed E-state index contributed by atoms with van der Waals surface area (Å²) in [6.45, 7) is 2.66. The van der Waals surface area contributed by atoms with Gasteiger partial charge in [0.2, 0.25) is 5.91 Å². The van der Waals surface area contributed by atoms with Crippen LogP contribution < -0.4 is 10.2 Å². The van der Waals surface area contributed by atoms with Gasteiger partial charge >= 0.3 is 0 Å². The van der Waals surface area contributed by atoms with E-state index < -0.39 is 4.92 Å². The fourth-order valence-corrected chi connectivity index (χ4v) is 3.82. The number of nitro benzene ring substituents is 1. The monoisotopic (exact) mass is 462 g/mol. The summed E-state index contributed by atoms with van der Waals surface area (Å²) in [4.78, 5) is 26.8. The third-order valence-corrected chi connectivity index (χ3v) is 5.67. The first-order chi connectivity index (χ1) is 16.0.